The van der Waals surface area contributed by atoms with Crippen molar-refractivity contribution >= 4 is 21.6 Å². The maximum Gasteiger partial charge on any atom is 0.289 e. The number of carbonyl (C=O) groups excluding carboxylic acids is 1. The van der Waals surface area contributed by atoms with Gasteiger partial charge in [0.2, 0.25) is 10.0 Å². The van der Waals surface area contributed by atoms with Crippen molar-refractivity contribution in [2.75, 3.05) is 18.4 Å². The van der Waals surface area contributed by atoms with Crippen LogP contribution in [0, 0.1) is 5.92 Å². The predicted octanol–water partition coefficient (Wildman–Crippen LogP) is 2.81. The number of fused-ring (bicyclic) bond motifs is 1. The van der Waals surface area contributed by atoms with Crippen LogP contribution in [0.25, 0.3) is 0 Å². The molecule has 4 rings (SSSR count). The van der Waals surface area contributed by atoms with Crippen LogP contribution < -0.4 is 10.0 Å². The molecule has 2 N–H and O–H groups in total. The number of sulfonamides is 1. The van der Waals surface area contributed by atoms with Crippen molar-refractivity contribution in [1.82, 2.24) is 9.62 Å². The number of furan rings is 1. The number of nitrogens with one attached hydrogen (secondary N) is 2. The van der Waals surface area contributed by atoms with Gasteiger partial charge in [-0.15, -0.1) is 0 Å². The molecule has 0 saturated carbocycles. The number of carbonyl (C=O) groups is 1. The average molecular weight is 404 g/mol. The third-order valence-corrected chi connectivity index (χ3v) is 6.94. The Hall–Kier alpha value is -2.32. The summed E-state index contributed by atoms with van der Waals surface area (Å²) < 4.78 is 33.4. The first kappa shape index (κ1) is 19.0. The summed E-state index contributed by atoms with van der Waals surface area (Å²) in [5, 5.41) is 3.30. The van der Waals surface area contributed by atoms with E-state index >= 15 is 0 Å². The highest BCUT2D eigenvalue weighted by Gasteiger charge is 2.36. The molecule has 7 nitrogen and oxygen atoms in total. The Bertz CT molecular complexity index is 961. The lowest BCUT2D eigenvalue weighted by atomic mass is 9.93. The van der Waals surface area contributed by atoms with Crippen molar-refractivity contribution in [3.63, 3.8) is 0 Å². The van der Waals surface area contributed by atoms with Crippen molar-refractivity contribution < 1.29 is 17.6 Å². The van der Waals surface area contributed by atoms with Crippen molar-refractivity contribution in [2.45, 2.75) is 43.7 Å². The van der Waals surface area contributed by atoms with E-state index < -0.39 is 10.0 Å². The lowest BCUT2D eigenvalue weighted by Crippen LogP contribution is -2.52. The molecule has 0 aliphatic carbocycles. The summed E-state index contributed by atoms with van der Waals surface area (Å²) in [5.74, 6) is 1.23. The molecule has 1 aromatic carbocycles. The summed E-state index contributed by atoms with van der Waals surface area (Å²) in [6.45, 7) is 3.23. The Morgan fingerprint density at radius 2 is 1.93 bits per heavy atom. The molecule has 0 radical (unpaired) electrons. The Balaban J connectivity index is 1.40. The number of anilines is 1. The van der Waals surface area contributed by atoms with Gasteiger partial charge in [-0.3, -0.25) is 4.79 Å². The van der Waals surface area contributed by atoms with Crippen LogP contribution in [0.15, 0.2) is 45.7 Å². The topological polar surface area (TPSA) is 91.7 Å². The minimum absolute atomic E-state index is 0.0941. The number of amides is 1. The first-order chi connectivity index (χ1) is 13.5. The second-order valence-electron chi connectivity index (χ2n) is 7.39. The molecule has 150 valence electrons. The van der Waals surface area contributed by atoms with Gasteiger partial charge in [-0.05, 0) is 49.4 Å². The zero-order valence-electron chi connectivity index (χ0n) is 15.8. The minimum atomic E-state index is -3.52. The maximum absolute atomic E-state index is 12.7. The van der Waals surface area contributed by atoms with Crippen LogP contribution in [0.1, 0.15) is 42.5 Å². The highest BCUT2D eigenvalue weighted by Crippen LogP contribution is 2.31. The number of aryl methyl sites for hydroxylation is 1. The SMILES string of the molecule is CCCc1ccc(C(=O)N2CCC(C3Nc4ccccc4S(=O)(=O)N3)CC2)o1. The molecule has 1 atom stereocenters. The number of likely N-dealkylation sites (tertiary alicyclic amines) is 1. The number of benzene rings is 1. The van der Waals surface area contributed by atoms with E-state index in [1.807, 2.05) is 12.1 Å². The quantitative estimate of drug-likeness (QED) is 0.819. The molecule has 2 aromatic rings. The Morgan fingerprint density at radius 1 is 1.18 bits per heavy atom. The minimum Gasteiger partial charge on any atom is -0.456 e. The molecule has 28 heavy (non-hydrogen) atoms. The van der Waals surface area contributed by atoms with Gasteiger partial charge in [0, 0.05) is 19.5 Å². The fourth-order valence-corrected chi connectivity index (χ4v) is 5.31. The molecule has 0 bridgehead atoms. The van der Waals surface area contributed by atoms with E-state index in [0.717, 1.165) is 31.4 Å². The van der Waals surface area contributed by atoms with E-state index in [1.165, 1.54) is 0 Å². The van der Waals surface area contributed by atoms with Crippen LogP contribution in [0.5, 0.6) is 0 Å². The molecule has 1 aromatic heterocycles. The predicted molar refractivity (Wildman–Crippen MR) is 106 cm³/mol. The number of nitrogens with zero attached hydrogens (tertiary/aromatic N) is 1. The summed E-state index contributed by atoms with van der Waals surface area (Å²) in [6.07, 6.45) is 2.87. The highest BCUT2D eigenvalue weighted by atomic mass is 32.2. The van der Waals surface area contributed by atoms with Gasteiger partial charge in [-0.2, -0.15) is 4.72 Å². The summed E-state index contributed by atoms with van der Waals surface area (Å²) in [7, 11) is -3.52. The van der Waals surface area contributed by atoms with Gasteiger partial charge in [0.25, 0.3) is 5.91 Å². The number of hydrogen-bond acceptors (Lipinski definition) is 5. The summed E-state index contributed by atoms with van der Waals surface area (Å²) in [4.78, 5) is 14.7. The fraction of sp³-hybridized carbons (Fsp3) is 0.450. The second kappa shape index (κ2) is 7.60. The van der Waals surface area contributed by atoms with E-state index in [0.29, 0.717) is 24.5 Å². The smallest absolute Gasteiger partial charge is 0.289 e. The molecular formula is C20H25N3O4S. The van der Waals surface area contributed by atoms with Crippen molar-refractivity contribution in [2.24, 2.45) is 5.92 Å². The van der Waals surface area contributed by atoms with Crippen molar-refractivity contribution in [1.29, 1.82) is 0 Å². The number of rotatable bonds is 4. The third kappa shape index (κ3) is 3.66. The Labute approximate surface area is 165 Å². The molecule has 2 aliphatic rings. The lowest BCUT2D eigenvalue weighted by molar-refractivity contribution is 0.0645. The van der Waals surface area contributed by atoms with E-state index in [1.54, 1.807) is 29.2 Å². The molecule has 0 spiro atoms. The lowest BCUT2D eigenvalue weighted by Gasteiger charge is -2.38. The molecule has 1 amide bonds. The highest BCUT2D eigenvalue weighted by molar-refractivity contribution is 7.89. The van der Waals surface area contributed by atoms with Crippen molar-refractivity contribution in [3.05, 3.63) is 47.9 Å². The molecule has 1 fully saturated rings. The van der Waals surface area contributed by atoms with Crippen LogP contribution >= 0.6 is 0 Å². The molecule has 1 unspecified atom stereocenters. The summed E-state index contributed by atoms with van der Waals surface area (Å²) in [6, 6.07) is 10.5. The first-order valence-corrected chi connectivity index (χ1v) is 11.2. The van der Waals surface area contributed by atoms with E-state index in [2.05, 4.69) is 17.0 Å². The van der Waals surface area contributed by atoms with Gasteiger partial charge >= 0.3 is 0 Å². The fourth-order valence-electron chi connectivity index (χ4n) is 3.93. The molecule has 8 heteroatoms. The third-order valence-electron chi connectivity index (χ3n) is 5.44. The monoisotopic (exact) mass is 403 g/mol. The Morgan fingerprint density at radius 3 is 2.68 bits per heavy atom. The zero-order chi connectivity index (χ0) is 19.7. The number of hydrogen-bond donors (Lipinski definition) is 2. The summed E-state index contributed by atoms with van der Waals surface area (Å²) in [5.41, 5.74) is 0.629. The van der Waals surface area contributed by atoms with Gasteiger partial charge in [-0.25, -0.2) is 8.42 Å². The van der Waals surface area contributed by atoms with Crippen LogP contribution in [0.2, 0.25) is 0 Å². The standard InChI is InChI=1S/C20H25N3O4S/c1-2-5-15-8-9-17(27-15)20(24)23-12-10-14(11-13-23)19-21-16-6-3-4-7-18(16)28(25,26)22-19/h3-4,6-9,14,19,21-22H,2,5,10-13H2,1H3. The summed E-state index contributed by atoms with van der Waals surface area (Å²) >= 11 is 0. The number of piperidine rings is 1. The van der Waals surface area contributed by atoms with Crippen LogP contribution in [0.3, 0.4) is 0 Å². The van der Waals surface area contributed by atoms with Crippen LogP contribution in [0.4, 0.5) is 5.69 Å². The Kier molecular flexibility index (Phi) is 5.16. The van der Waals surface area contributed by atoms with Gasteiger partial charge in [0.1, 0.15) is 10.7 Å². The second-order valence-corrected chi connectivity index (χ2v) is 9.07. The zero-order valence-corrected chi connectivity index (χ0v) is 16.7. The van der Waals surface area contributed by atoms with Gasteiger partial charge in [-0.1, -0.05) is 19.1 Å². The molecule has 3 heterocycles. The largest absolute Gasteiger partial charge is 0.456 e. The van der Waals surface area contributed by atoms with E-state index in [9.17, 15) is 13.2 Å². The van der Waals surface area contributed by atoms with Gasteiger partial charge < -0.3 is 14.6 Å². The van der Waals surface area contributed by atoms with Gasteiger partial charge in [0.15, 0.2) is 5.76 Å². The van der Waals surface area contributed by atoms with Crippen molar-refractivity contribution in [3.8, 4) is 0 Å². The molecule has 2 aliphatic heterocycles. The van der Waals surface area contributed by atoms with E-state index in [-0.39, 0.29) is 22.9 Å². The first-order valence-electron chi connectivity index (χ1n) is 9.74. The number of para-hydroxylation sites is 1. The van der Waals surface area contributed by atoms with Gasteiger partial charge in [0.05, 0.1) is 11.9 Å². The van der Waals surface area contributed by atoms with Crippen LogP contribution in [-0.4, -0.2) is 38.5 Å². The molecule has 1 saturated heterocycles. The van der Waals surface area contributed by atoms with E-state index in [4.69, 9.17) is 4.42 Å². The average Bonchev–Trinajstić information content (AvgIpc) is 3.16. The molecular weight excluding hydrogens is 378 g/mol. The maximum atomic E-state index is 12.7. The van der Waals surface area contributed by atoms with Crippen LogP contribution in [-0.2, 0) is 16.4 Å². The normalized spacial score (nSPS) is 21.8.